The van der Waals surface area contributed by atoms with Gasteiger partial charge in [-0.25, -0.2) is 8.42 Å². The zero-order valence-corrected chi connectivity index (χ0v) is 16.4. The summed E-state index contributed by atoms with van der Waals surface area (Å²) in [5, 5.41) is 1.36. The molecule has 3 aromatic rings. The molecule has 0 saturated heterocycles. The highest BCUT2D eigenvalue weighted by molar-refractivity contribution is 7.94. The lowest BCUT2D eigenvalue weighted by molar-refractivity contribution is 0.188. The zero-order valence-electron chi connectivity index (χ0n) is 15.6. The zero-order chi connectivity index (χ0) is 19.4. The van der Waals surface area contributed by atoms with Crippen molar-refractivity contribution in [3.8, 4) is 0 Å². The van der Waals surface area contributed by atoms with Gasteiger partial charge in [-0.1, -0.05) is 97.1 Å². The van der Waals surface area contributed by atoms with Crippen molar-refractivity contribution in [1.29, 1.82) is 0 Å². The SMILES string of the molecule is O=S1(=O)C=C[C@H](N(Cc2ccccc2)C(c2ccccc2)c2ccccc2)C1. The number of hydrogen-bond acceptors (Lipinski definition) is 3. The van der Waals surface area contributed by atoms with Gasteiger partial charge in [-0.15, -0.1) is 0 Å². The van der Waals surface area contributed by atoms with Gasteiger partial charge in [0.1, 0.15) is 0 Å². The maximum absolute atomic E-state index is 12.2. The molecule has 3 nitrogen and oxygen atoms in total. The third kappa shape index (κ3) is 4.24. The maximum Gasteiger partial charge on any atom is 0.173 e. The van der Waals surface area contributed by atoms with E-state index < -0.39 is 9.84 Å². The highest BCUT2D eigenvalue weighted by Crippen LogP contribution is 2.34. The average Bonchev–Trinajstić information content (AvgIpc) is 3.09. The molecular formula is C24H23NO2S. The first-order chi connectivity index (χ1) is 13.6. The summed E-state index contributed by atoms with van der Waals surface area (Å²) in [6.07, 6.45) is 1.83. The minimum Gasteiger partial charge on any atom is -0.281 e. The monoisotopic (exact) mass is 389 g/mol. The molecule has 4 rings (SSSR count). The molecule has 1 atom stereocenters. The second-order valence-corrected chi connectivity index (χ2v) is 9.04. The number of nitrogens with zero attached hydrogens (tertiary/aromatic N) is 1. The van der Waals surface area contributed by atoms with Crippen molar-refractivity contribution >= 4 is 9.84 Å². The number of hydrogen-bond donors (Lipinski definition) is 0. The van der Waals surface area contributed by atoms with Crippen LogP contribution in [-0.4, -0.2) is 25.1 Å². The van der Waals surface area contributed by atoms with E-state index >= 15 is 0 Å². The summed E-state index contributed by atoms with van der Waals surface area (Å²) in [5.74, 6) is 0.121. The van der Waals surface area contributed by atoms with Crippen LogP contribution in [0.3, 0.4) is 0 Å². The van der Waals surface area contributed by atoms with Crippen LogP contribution in [0.5, 0.6) is 0 Å². The van der Waals surface area contributed by atoms with E-state index in [0.29, 0.717) is 6.54 Å². The van der Waals surface area contributed by atoms with Crippen molar-refractivity contribution in [2.24, 2.45) is 0 Å². The lowest BCUT2D eigenvalue weighted by Crippen LogP contribution is -2.39. The fourth-order valence-corrected chi connectivity index (χ4v) is 5.12. The van der Waals surface area contributed by atoms with Crippen LogP contribution in [0.2, 0.25) is 0 Å². The van der Waals surface area contributed by atoms with Gasteiger partial charge in [0.25, 0.3) is 0 Å². The van der Waals surface area contributed by atoms with Crippen LogP contribution in [0.4, 0.5) is 0 Å². The first-order valence-corrected chi connectivity index (χ1v) is 11.1. The second-order valence-electron chi connectivity index (χ2n) is 7.11. The Balaban J connectivity index is 1.80. The third-order valence-electron chi connectivity index (χ3n) is 5.11. The molecule has 0 aliphatic carbocycles. The van der Waals surface area contributed by atoms with Crippen LogP contribution in [0.15, 0.2) is 102 Å². The molecule has 1 aliphatic rings. The summed E-state index contributed by atoms with van der Waals surface area (Å²) in [5.41, 5.74) is 3.47. The van der Waals surface area contributed by atoms with Crippen molar-refractivity contribution in [1.82, 2.24) is 4.90 Å². The van der Waals surface area contributed by atoms with Crippen molar-refractivity contribution in [2.75, 3.05) is 5.75 Å². The molecule has 0 bridgehead atoms. The average molecular weight is 390 g/mol. The summed E-state index contributed by atoms with van der Waals surface area (Å²) in [6, 6.07) is 30.6. The van der Waals surface area contributed by atoms with Crippen LogP contribution in [-0.2, 0) is 16.4 Å². The highest BCUT2D eigenvalue weighted by Gasteiger charge is 2.33. The Hall–Kier alpha value is -2.69. The Morgan fingerprint density at radius 1 is 0.786 bits per heavy atom. The molecule has 0 unspecified atom stereocenters. The summed E-state index contributed by atoms with van der Waals surface area (Å²) in [4.78, 5) is 2.29. The van der Waals surface area contributed by atoms with Crippen LogP contribution in [0, 0.1) is 0 Å². The Kier molecular flexibility index (Phi) is 5.42. The number of benzene rings is 3. The van der Waals surface area contributed by atoms with E-state index in [1.165, 1.54) is 5.41 Å². The minimum atomic E-state index is -3.15. The van der Waals surface area contributed by atoms with Crippen LogP contribution >= 0.6 is 0 Å². The molecule has 3 aromatic carbocycles. The van der Waals surface area contributed by atoms with E-state index in [1.54, 1.807) is 0 Å². The first-order valence-electron chi connectivity index (χ1n) is 9.43. The van der Waals surface area contributed by atoms with Crippen LogP contribution in [0.1, 0.15) is 22.7 Å². The number of sulfone groups is 1. The van der Waals surface area contributed by atoms with Gasteiger partial charge in [0.05, 0.1) is 11.8 Å². The molecule has 0 saturated carbocycles. The molecule has 1 heterocycles. The van der Waals surface area contributed by atoms with Crippen molar-refractivity contribution < 1.29 is 8.42 Å². The predicted molar refractivity (Wildman–Crippen MR) is 113 cm³/mol. The lowest BCUT2D eigenvalue weighted by atomic mass is 9.95. The topological polar surface area (TPSA) is 37.4 Å². The maximum atomic E-state index is 12.2. The Bertz CT molecular complexity index is 992. The Labute approximate surface area is 166 Å². The van der Waals surface area contributed by atoms with Gasteiger partial charge < -0.3 is 0 Å². The van der Waals surface area contributed by atoms with Gasteiger partial charge >= 0.3 is 0 Å². The molecule has 142 valence electrons. The Morgan fingerprint density at radius 3 is 1.75 bits per heavy atom. The van der Waals surface area contributed by atoms with Gasteiger partial charge in [0, 0.05) is 18.0 Å². The van der Waals surface area contributed by atoms with Gasteiger partial charge in [-0.05, 0) is 16.7 Å². The molecule has 0 amide bonds. The first kappa shape index (κ1) is 18.7. The van der Waals surface area contributed by atoms with Crippen molar-refractivity contribution in [3.05, 3.63) is 119 Å². The summed E-state index contributed by atoms with van der Waals surface area (Å²) < 4.78 is 24.4. The molecule has 0 aromatic heterocycles. The van der Waals surface area contributed by atoms with Gasteiger partial charge in [-0.2, -0.15) is 0 Å². The van der Waals surface area contributed by atoms with E-state index in [2.05, 4.69) is 41.3 Å². The third-order valence-corrected chi connectivity index (χ3v) is 6.49. The molecular weight excluding hydrogens is 366 g/mol. The molecule has 0 spiro atoms. The van der Waals surface area contributed by atoms with E-state index in [0.717, 1.165) is 16.7 Å². The molecule has 0 radical (unpaired) electrons. The molecule has 0 N–H and O–H groups in total. The van der Waals surface area contributed by atoms with Crippen molar-refractivity contribution in [3.63, 3.8) is 0 Å². The standard InChI is InChI=1S/C24H23NO2S/c26-28(27)17-16-23(19-28)25(18-20-10-4-1-5-11-20)24(21-12-6-2-7-13-21)22-14-8-3-9-15-22/h1-17,23-24H,18-19H2/t23-/m0/s1. The highest BCUT2D eigenvalue weighted by atomic mass is 32.2. The van der Waals surface area contributed by atoms with Gasteiger partial charge in [0.15, 0.2) is 9.84 Å². The smallest absolute Gasteiger partial charge is 0.173 e. The lowest BCUT2D eigenvalue weighted by Gasteiger charge is -2.36. The van der Waals surface area contributed by atoms with Crippen LogP contribution in [0.25, 0.3) is 0 Å². The minimum absolute atomic E-state index is 0.0365. The second kappa shape index (κ2) is 8.13. The molecule has 1 aliphatic heterocycles. The largest absolute Gasteiger partial charge is 0.281 e. The fraction of sp³-hybridized carbons (Fsp3) is 0.167. The summed E-state index contributed by atoms with van der Waals surface area (Å²) in [7, 11) is -3.15. The van der Waals surface area contributed by atoms with Gasteiger partial charge in [0.2, 0.25) is 0 Å². The van der Waals surface area contributed by atoms with Crippen molar-refractivity contribution in [2.45, 2.75) is 18.6 Å². The summed E-state index contributed by atoms with van der Waals surface area (Å²) >= 11 is 0. The normalized spacial score (nSPS) is 18.0. The van der Waals surface area contributed by atoms with E-state index in [9.17, 15) is 8.42 Å². The van der Waals surface area contributed by atoms with E-state index in [1.807, 2.05) is 60.7 Å². The Morgan fingerprint density at radius 2 is 1.29 bits per heavy atom. The summed E-state index contributed by atoms with van der Waals surface area (Å²) in [6.45, 7) is 0.666. The molecule has 4 heteroatoms. The number of rotatable bonds is 6. The van der Waals surface area contributed by atoms with Gasteiger partial charge in [-0.3, -0.25) is 4.90 Å². The predicted octanol–water partition coefficient (Wildman–Crippen LogP) is 4.59. The fourth-order valence-electron chi connectivity index (χ4n) is 3.81. The molecule has 0 fully saturated rings. The molecule has 28 heavy (non-hydrogen) atoms. The van der Waals surface area contributed by atoms with E-state index in [-0.39, 0.29) is 17.8 Å². The van der Waals surface area contributed by atoms with Crippen LogP contribution < -0.4 is 0 Å². The quantitative estimate of drug-likeness (QED) is 0.619. The van der Waals surface area contributed by atoms with E-state index in [4.69, 9.17) is 0 Å².